The Morgan fingerprint density at radius 2 is 1.94 bits per heavy atom. The third-order valence-electron chi connectivity index (χ3n) is 2.44. The third-order valence-corrected chi connectivity index (χ3v) is 2.44. The van der Waals surface area contributed by atoms with Gasteiger partial charge in [0.2, 0.25) is 0 Å². The first kappa shape index (κ1) is 12.4. The molecule has 0 spiro atoms. The fourth-order valence-corrected chi connectivity index (χ4v) is 1.59. The van der Waals surface area contributed by atoms with E-state index in [0.717, 1.165) is 5.56 Å². The maximum atomic E-state index is 11.8. The summed E-state index contributed by atoms with van der Waals surface area (Å²) in [6.45, 7) is 2.17. The molecule has 5 nitrogen and oxygen atoms in total. The molecule has 2 rings (SSSR count). The predicted molar refractivity (Wildman–Crippen MR) is 67.4 cm³/mol. The molecule has 5 heteroatoms. The normalized spacial score (nSPS) is 10.9. The molecule has 94 valence electrons. The average Bonchev–Trinajstić information content (AvgIpc) is 2.75. The van der Waals surface area contributed by atoms with E-state index in [1.807, 2.05) is 31.1 Å². The number of carbonyl (C=O) groups excluding carboxylic acids is 1. The van der Waals surface area contributed by atoms with E-state index < -0.39 is 0 Å². The van der Waals surface area contributed by atoms with Crippen LogP contribution in [0, 0.1) is 6.92 Å². The lowest BCUT2D eigenvalue weighted by Crippen LogP contribution is -2.21. The summed E-state index contributed by atoms with van der Waals surface area (Å²) in [5, 5.41) is 3.73. The zero-order chi connectivity index (χ0) is 13.1. The van der Waals surface area contributed by atoms with Crippen molar-refractivity contribution >= 4 is 5.78 Å². The number of rotatable bonds is 4. The second kappa shape index (κ2) is 5.10. The lowest BCUT2D eigenvalue weighted by atomic mass is 10.1. The number of hydrogen-bond donors (Lipinski definition) is 0. The molecule has 0 amide bonds. The SMILES string of the molecule is Cc1noc(-c2ccc(C(=O)CN(C)C)cc2)n1. The number of aryl methyl sites for hydroxylation is 1. The van der Waals surface area contributed by atoms with Gasteiger partial charge in [0.25, 0.3) is 5.89 Å². The Balaban J connectivity index is 2.17. The monoisotopic (exact) mass is 245 g/mol. The van der Waals surface area contributed by atoms with Crippen molar-refractivity contribution in [3.8, 4) is 11.5 Å². The molecule has 0 bridgehead atoms. The van der Waals surface area contributed by atoms with Crippen LogP contribution in [-0.4, -0.2) is 41.5 Å². The standard InChI is InChI=1S/C13H15N3O2/c1-9-14-13(18-15-9)11-6-4-10(5-7-11)12(17)8-16(2)3/h4-7H,8H2,1-3H3. The van der Waals surface area contributed by atoms with Crippen LogP contribution in [0.3, 0.4) is 0 Å². The first-order valence-electron chi connectivity index (χ1n) is 5.65. The van der Waals surface area contributed by atoms with E-state index in [-0.39, 0.29) is 5.78 Å². The van der Waals surface area contributed by atoms with Crippen LogP contribution >= 0.6 is 0 Å². The Labute approximate surface area is 105 Å². The van der Waals surface area contributed by atoms with Crippen molar-refractivity contribution < 1.29 is 9.32 Å². The van der Waals surface area contributed by atoms with Gasteiger partial charge in [-0.2, -0.15) is 4.98 Å². The van der Waals surface area contributed by atoms with Crippen molar-refractivity contribution in [2.24, 2.45) is 0 Å². The molecule has 0 fully saturated rings. The summed E-state index contributed by atoms with van der Waals surface area (Å²) < 4.78 is 5.06. The molecule has 0 saturated heterocycles. The molecule has 0 saturated carbocycles. The van der Waals surface area contributed by atoms with Crippen LogP contribution < -0.4 is 0 Å². The van der Waals surface area contributed by atoms with Gasteiger partial charge in [-0.25, -0.2) is 0 Å². The topological polar surface area (TPSA) is 59.2 Å². The second-order valence-corrected chi connectivity index (χ2v) is 4.39. The van der Waals surface area contributed by atoms with Gasteiger partial charge in [-0.05, 0) is 33.2 Å². The lowest BCUT2D eigenvalue weighted by molar-refractivity contribution is 0.0958. The number of likely N-dealkylation sites (N-methyl/N-ethyl adjacent to an activating group) is 1. The zero-order valence-electron chi connectivity index (χ0n) is 10.7. The van der Waals surface area contributed by atoms with Crippen LogP contribution in [0.4, 0.5) is 0 Å². The summed E-state index contributed by atoms with van der Waals surface area (Å²) in [4.78, 5) is 17.8. The molecule has 1 heterocycles. The van der Waals surface area contributed by atoms with Gasteiger partial charge in [-0.3, -0.25) is 4.79 Å². The number of aromatic nitrogens is 2. The molecule has 1 aromatic heterocycles. The van der Waals surface area contributed by atoms with Crippen LogP contribution in [0.5, 0.6) is 0 Å². The fraction of sp³-hybridized carbons (Fsp3) is 0.308. The molecule has 0 radical (unpaired) electrons. The highest BCUT2D eigenvalue weighted by molar-refractivity contribution is 5.97. The van der Waals surface area contributed by atoms with Gasteiger partial charge >= 0.3 is 0 Å². The van der Waals surface area contributed by atoms with E-state index in [9.17, 15) is 4.79 Å². The van der Waals surface area contributed by atoms with Gasteiger partial charge in [0.1, 0.15) is 0 Å². The largest absolute Gasteiger partial charge is 0.334 e. The van der Waals surface area contributed by atoms with Gasteiger partial charge in [-0.1, -0.05) is 17.3 Å². The summed E-state index contributed by atoms with van der Waals surface area (Å²) >= 11 is 0. The number of hydrogen-bond acceptors (Lipinski definition) is 5. The molecule has 0 atom stereocenters. The average molecular weight is 245 g/mol. The molecular weight excluding hydrogens is 230 g/mol. The smallest absolute Gasteiger partial charge is 0.257 e. The quantitative estimate of drug-likeness (QED) is 0.768. The summed E-state index contributed by atoms with van der Waals surface area (Å²) in [5.74, 6) is 1.16. The molecule has 0 aliphatic heterocycles. The maximum Gasteiger partial charge on any atom is 0.257 e. The first-order chi connectivity index (χ1) is 8.56. The molecule has 18 heavy (non-hydrogen) atoms. The van der Waals surface area contributed by atoms with Crippen LogP contribution in [0.25, 0.3) is 11.5 Å². The Morgan fingerprint density at radius 1 is 1.28 bits per heavy atom. The van der Waals surface area contributed by atoms with Gasteiger partial charge in [0.15, 0.2) is 11.6 Å². The minimum atomic E-state index is 0.0910. The Bertz CT molecular complexity index is 544. The van der Waals surface area contributed by atoms with Crippen molar-refractivity contribution in [3.05, 3.63) is 35.7 Å². The van der Waals surface area contributed by atoms with Crippen LogP contribution in [-0.2, 0) is 0 Å². The number of ketones is 1. The van der Waals surface area contributed by atoms with E-state index in [4.69, 9.17) is 4.52 Å². The van der Waals surface area contributed by atoms with Crippen molar-refractivity contribution in [2.45, 2.75) is 6.92 Å². The van der Waals surface area contributed by atoms with E-state index in [0.29, 0.717) is 23.8 Å². The number of Topliss-reactive ketones (excluding diaryl/α,β-unsaturated/α-hetero) is 1. The van der Waals surface area contributed by atoms with Crippen molar-refractivity contribution in [1.82, 2.24) is 15.0 Å². The molecule has 1 aromatic carbocycles. The Kier molecular flexibility index (Phi) is 3.53. The molecule has 0 aliphatic carbocycles. The highest BCUT2D eigenvalue weighted by Gasteiger charge is 2.09. The van der Waals surface area contributed by atoms with E-state index in [1.54, 1.807) is 19.1 Å². The maximum absolute atomic E-state index is 11.8. The van der Waals surface area contributed by atoms with Crippen molar-refractivity contribution in [3.63, 3.8) is 0 Å². The van der Waals surface area contributed by atoms with Gasteiger partial charge < -0.3 is 9.42 Å². The fourth-order valence-electron chi connectivity index (χ4n) is 1.59. The summed E-state index contributed by atoms with van der Waals surface area (Å²) in [6, 6.07) is 7.19. The summed E-state index contributed by atoms with van der Waals surface area (Å²) in [6.07, 6.45) is 0. The molecule has 0 N–H and O–H groups in total. The highest BCUT2D eigenvalue weighted by atomic mass is 16.5. The molecule has 0 aliphatic rings. The van der Waals surface area contributed by atoms with E-state index in [2.05, 4.69) is 10.1 Å². The molecular formula is C13H15N3O2. The minimum Gasteiger partial charge on any atom is -0.334 e. The van der Waals surface area contributed by atoms with Crippen molar-refractivity contribution in [1.29, 1.82) is 0 Å². The minimum absolute atomic E-state index is 0.0910. The van der Waals surface area contributed by atoms with Gasteiger partial charge in [0, 0.05) is 11.1 Å². The van der Waals surface area contributed by atoms with E-state index in [1.165, 1.54) is 0 Å². The number of carbonyl (C=O) groups is 1. The van der Waals surface area contributed by atoms with Crippen LogP contribution in [0.15, 0.2) is 28.8 Å². The third kappa shape index (κ3) is 2.81. The predicted octanol–water partition coefficient (Wildman–Crippen LogP) is 1.79. The van der Waals surface area contributed by atoms with Crippen molar-refractivity contribution in [2.75, 3.05) is 20.6 Å². The Hall–Kier alpha value is -2.01. The van der Waals surface area contributed by atoms with E-state index >= 15 is 0 Å². The Morgan fingerprint density at radius 3 is 2.44 bits per heavy atom. The van der Waals surface area contributed by atoms with Crippen LogP contribution in [0.1, 0.15) is 16.2 Å². The van der Waals surface area contributed by atoms with Gasteiger partial charge in [-0.15, -0.1) is 0 Å². The molecule has 2 aromatic rings. The summed E-state index contributed by atoms with van der Waals surface area (Å²) in [7, 11) is 3.74. The first-order valence-corrected chi connectivity index (χ1v) is 5.65. The van der Waals surface area contributed by atoms with Crippen LogP contribution in [0.2, 0.25) is 0 Å². The van der Waals surface area contributed by atoms with Gasteiger partial charge in [0.05, 0.1) is 6.54 Å². The lowest BCUT2D eigenvalue weighted by Gasteiger charge is -2.08. The molecule has 0 unspecified atom stereocenters. The second-order valence-electron chi connectivity index (χ2n) is 4.39. The number of benzene rings is 1. The highest BCUT2D eigenvalue weighted by Crippen LogP contribution is 2.17. The summed E-state index contributed by atoms with van der Waals surface area (Å²) in [5.41, 5.74) is 1.50. The number of nitrogens with zero attached hydrogens (tertiary/aromatic N) is 3. The zero-order valence-corrected chi connectivity index (χ0v) is 10.7.